The molecular weight excluding hydrogens is 228 g/mol. The molecule has 0 aromatic rings. The van der Waals surface area contributed by atoms with Crippen molar-refractivity contribution in [3.63, 3.8) is 0 Å². The van der Waals surface area contributed by atoms with Crippen LogP contribution in [-0.2, 0) is 0 Å². The molecule has 2 aliphatic carbocycles. The normalized spacial score (nSPS) is 24.7. The quantitative estimate of drug-likeness (QED) is 0.493. The molecule has 0 saturated heterocycles. The van der Waals surface area contributed by atoms with Gasteiger partial charge in [0.1, 0.15) is 0 Å². The number of allylic oxidation sites excluding steroid dienone is 1. The molecule has 0 heterocycles. The van der Waals surface area contributed by atoms with E-state index in [4.69, 9.17) is 0 Å². The monoisotopic (exact) mass is 260 g/mol. The summed E-state index contributed by atoms with van der Waals surface area (Å²) in [5.74, 6) is 5.54. The summed E-state index contributed by atoms with van der Waals surface area (Å²) in [6.45, 7) is 6.23. The van der Waals surface area contributed by atoms with Gasteiger partial charge in [0.2, 0.25) is 0 Å². The first-order valence-corrected chi connectivity index (χ1v) is 8.65. The molecule has 0 atom stereocenters. The molecule has 0 bridgehead atoms. The van der Waals surface area contributed by atoms with Crippen LogP contribution in [0.15, 0.2) is 12.7 Å². The van der Waals surface area contributed by atoms with Gasteiger partial charge < -0.3 is 0 Å². The van der Waals surface area contributed by atoms with E-state index in [9.17, 15) is 0 Å². The van der Waals surface area contributed by atoms with Gasteiger partial charge in [0.25, 0.3) is 0 Å². The van der Waals surface area contributed by atoms with Crippen LogP contribution in [0.1, 0.15) is 84.0 Å². The zero-order chi connectivity index (χ0) is 13.5. The van der Waals surface area contributed by atoms with Gasteiger partial charge in [0, 0.05) is 0 Å². The van der Waals surface area contributed by atoms with Gasteiger partial charge in [-0.1, -0.05) is 38.7 Å². The Kier molecular flexibility index (Phi) is 6.47. The van der Waals surface area contributed by atoms with E-state index in [-0.39, 0.29) is 0 Å². The fourth-order valence-electron chi connectivity index (χ4n) is 4.03. The van der Waals surface area contributed by atoms with Crippen LogP contribution in [0.2, 0.25) is 0 Å². The topological polar surface area (TPSA) is 0 Å². The van der Waals surface area contributed by atoms with Gasteiger partial charge in [-0.15, -0.1) is 6.58 Å². The fraction of sp³-hybridized carbons (Fsp3) is 0.789. The number of rotatable bonds is 6. The van der Waals surface area contributed by atoms with E-state index in [1.165, 1.54) is 77.0 Å². The molecule has 19 heavy (non-hydrogen) atoms. The Balaban J connectivity index is 1.64. The minimum atomic E-state index is 0.959. The van der Waals surface area contributed by atoms with Gasteiger partial charge >= 0.3 is 0 Å². The molecule has 0 spiro atoms. The summed E-state index contributed by atoms with van der Waals surface area (Å²) in [5.41, 5.74) is 0. The highest BCUT2D eigenvalue weighted by Crippen LogP contribution is 2.44. The summed E-state index contributed by atoms with van der Waals surface area (Å²) in [7, 11) is 0. The molecule has 0 N–H and O–H groups in total. The summed E-state index contributed by atoms with van der Waals surface area (Å²) in [4.78, 5) is 0. The fourth-order valence-corrected chi connectivity index (χ4v) is 4.03. The standard InChI is InChI=1S/C19H32/c1-3-5-6-7-17-10-14-19(15-11-17)18-12-8-16(4-2)9-13-18/h4,17-18H,2-3,5-15H2,1H3. The van der Waals surface area contributed by atoms with Crippen molar-refractivity contribution >= 4 is 0 Å². The maximum atomic E-state index is 3.92. The lowest BCUT2D eigenvalue weighted by atomic mass is 9.68. The molecule has 0 nitrogen and oxygen atoms in total. The highest BCUT2D eigenvalue weighted by atomic mass is 14.3. The third kappa shape index (κ3) is 4.65. The van der Waals surface area contributed by atoms with Crippen molar-refractivity contribution in [1.29, 1.82) is 0 Å². The van der Waals surface area contributed by atoms with Gasteiger partial charge in [-0.05, 0) is 75.0 Å². The molecule has 2 fully saturated rings. The Hall–Kier alpha value is -0.260. The van der Waals surface area contributed by atoms with E-state index in [0.717, 1.165) is 11.8 Å². The summed E-state index contributed by atoms with van der Waals surface area (Å²) in [5, 5.41) is 0. The van der Waals surface area contributed by atoms with E-state index < -0.39 is 0 Å². The largest absolute Gasteiger partial charge is 0.102 e. The molecule has 0 aliphatic heterocycles. The Morgan fingerprint density at radius 2 is 1.68 bits per heavy atom. The number of hydrogen-bond donors (Lipinski definition) is 0. The Labute approximate surface area is 121 Å². The second kappa shape index (κ2) is 8.12. The molecular formula is C19H32. The van der Waals surface area contributed by atoms with E-state index in [1.54, 1.807) is 5.92 Å². The first kappa shape index (κ1) is 15.1. The van der Waals surface area contributed by atoms with Crippen molar-refractivity contribution in [2.75, 3.05) is 0 Å². The smallest absolute Gasteiger partial charge is 0.00299 e. The average molecular weight is 260 g/mol. The van der Waals surface area contributed by atoms with Crippen LogP contribution >= 0.6 is 0 Å². The van der Waals surface area contributed by atoms with Crippen molar-refractivity contribution in [2.45, 2.75) is 84.0 Å². The Morgan fingerprint density at radius 3 is 2.26 bits per heavy atom. The van der Waals surface area contributed by atoms with Crippen LogP contribution in [0, 0.1) is 23.7 Å². The SMILES string of the molecule is C=C[C]1CCC([C]2CCC(CCCCC)CC2)CC1. The summed E-state index contributed by atoms with van der Waals surface area (Å²) in [6.07, 6.45) is 19.2. The number of unbranched alkanes of at least 4 members (excludes halogenated alkanes) is 2. The summed E-state index contributed by atoms with van der Waals surface area (Å²) in [6, 6.07) is 0. The van der Waals surface area contributed by atoms with Crippen molar-refractivity contribution in [2.24, 2.45) is 11.8 Å². The molecule has 0 amide bonds. The summed E-state index contributed by atoms with van der Waals surface area (Å²) < 4.78 is 0. The van der Waals surface area contributed by atoms with Crippen LogP contribution in [0.25, 0.3) is 0 Å². The molecule has 2 saturated carbocycles. The molecule has 108 valence electrons. The van der Waals surface area contributed by atoms with E-state index >= 15 is 0 Å². The van der Waals surface area contributed by atoms with Crippen LogP contribution in [0.4, 0.5) is 0 Å². The van der Waals surface area contributed by atoms with E-state index in [1.807, 2.05) is 5.92 Å². The van der Waals surface area contributed by atoms with Crippen molar-refractivity contribution in [3.05, 3.63) is 24.5 Å². The lowest BCUT2D eigenvalue weighted by Gasteiger charge is -2.36. The summed E-state index contributed by atoms with van der Waals surface area (Å²) >= 11 is 0. The van der Waals surface area contributed by atoms with Gasteiger partial charge in [-0.25, -0.2) is 0 Å². The van der Waals surface area contributed by atoms with Crippen LogP contribution in [0.3, 0.4) is 0 Å². The maximum absolute atomic E-state index is 3.92. The second-order valence-electron chi connectivity index (χ2n) is 6.73. The second-order valence-corrected chi connectivity index (χ2v) is 6.73. The first-order valence-electron chi connectivity index (χ1n) is 8.65. The predicted octanol–water partition coefficient (Wildman–Crippen LogP) is 6.28. The van der Waals surface area contributed by atoms with Gasteiger partial charge in [0.15, 0.2) is 0 Å². The van der Waals surface area contributed by atoms with Crippen LogP contribution in [-0.4, -0.2) is 0 Å². The molecule has 0 aromatic heterocycles. The Morgan fingerprint density at radius 1 is 1.00 bits per heavy atom. The minimum absolute atomic E-state index is 0.959. The highest BCUT2D eigenvalue weighted by molar-refractivity contribution is 5.12. The average Bonchev–Trinajstić information content (AvgIpc) is 2.48. The minimum Gasteiger partial charge on any atom is -0.102 e. The third-order valence-electron chi connectivity index (χ3n) is 5.46. The molecule has 2 aliphatic rings. The van der Waals surface area contributed by atoms with Crippen LogP contribution < -0.4 is 0 Å². The molecule has 0 heteroatoms. The molecule has 2 radical (unpaired) electrons. The highest BCUT2D eigenvalue weighted by Gasteiger charge is 2.30. The van der Waals surface area contributed by atoms with Crippen molar-refractivity contribution in [3.8, 4) is 0 Å². The zero-order valence-electron chi connectivity index (χ0n) is 12.9. The van der Waals surface area contributed by atoms with Crippen molar-refractivity contribution in [1.82, 2.24) is 0 Å². The molecule has 2 rings (SSSR count). The predicted molar refractivity (Wildman–Crippen MR) is 84.7 cm³/mol. The van der Waals surface area contributed by atoms with Crippen molar-refractivity contribution < 1.29 is 0 Å². The lowest BCUT2D eigenvalue weighted by Crippen LogP contribution is -2.23. The lowest BCUT2D eigenvalue weighted by molar-refractivity contribution is 0.284. The third-order valence-corrected chi connectivity index (χ3v) is 5.46. The van der Waals surface area contributed by atoms with Gasteiger partial charge in [-0.2, -0.15) is 0 Å². The number of hydrogen-bond acceptors (Lipinski definition) is 0. The van der Waals surface area contributed by atoms with E-state index in [2.05, 4.69) is 19.6 Å². The maximum Gasteiger partial charge on any atom is -0.00299 e. The Bertz CT molecular complexity index is 239. The molecule has 0 unspecified atom stereocenters. The van der Waals surface area contributed by atoms with Gasteiger partial charge in [0.05, 0.1) is 0 Å². The zero-order valence-corrected chi connectivity index (χ0v) is 12.9. The molecule has 0 aromatic carbocycles. The van der Waals surface area contributed by atoms with Crippen LogP contribution in [0.5, 0.6) is 0 Å². The van der Waals surface area contributed by atoms with E-state index in [0.29, 0.717) is 0 Å². The van der Waals surface area contributed by atoms with Gasteiger partial charge in [-0.3, -0.25) is 0 Å². The first-order chi connectivity index (χ1) is 9.33.